The van der Waals surface area contributed by atoms with E-state index in [1.54, 1.807) is 0 Å². The van der Waals surface area contributed by atoms with Crippen molar-refractivity contribution in [3.63, 3.8) is 0 Å². The predicted molar refractivity (Wildman–Crippen MR) is 108 cm³/mol. The molecule has 148 valence electrons. The molecule has 1 fully saturated rings. The van der Waals surface area contributed by atoms with Gasteiger partial charge in [0.2, 0.25) is 0 Å². The number of aliphatic hydroxyl groups excluding tert-OH is 1. The van der Waals surface area contributed by atoms with E-state index in [2.05, 4.69) is 33.7 Å². The Bertz CT molecular complexity index is 498. The topological polar surface area (TPSA) is 63.6 Å². The van der Waals surface area contributed by atoms with E-state index in [1.807, 2.05) is 12.2 Å². The minimum Gasteiger partial charge on any atom is -0.469 e. The molecule has 0 saturated heterocycles. The Morgan fingerprint density at radius 2 is 1.85 bits per heavy atom. The maximum absolute atomic E-state index is 12.4. The first-order chi connectivity index (χ1) is 12.5. The first-order valence-electron chi connectivity index (χ1n) is 9.82. The van der Waals surface area contributed by atoms with Gasteiger partial charge in [0.05, 0.1) is 13.2 Å². The van der Waals surface area contributed by atoms with Crippen molar-refractivity contribution in [2.24, 2.45) is 5.92 Å². The number of ketones is 1. The van der Waals surface area contributed by atoms with Crippen LogP contribution in [0.1, 0.15) is 71.1 Å². The fourth-order valence-electron chi connectivity index (χ4n) is 3.18. The molecule has 0 aromatic rings. The lowest BCUT2D eigenvalue weighted by molar-refractivity contribution is -0.140. The molecular formula is C21H33BrO4. The van der Waals surface area contributed by atoms with Crippen molar-refractivity contribution in [2.75, 3.05) is 7.11 Å². The number of methoxy groups -OCH3 is 1. The van der Waals surface area contributed by atoms with Gasteiger partial charge in [0, 0.05) is 17.9 Å². The van der Waals surface area contributed by atoms with Gasteiger partial charge in [-0.15, -0.1) is 0 Å². The smallest absolute Gasteiger partial charge is 0.305 e. The van der Waals surface area contributed by atoms with E-state index < -0.39 is 10.9 Å². The summed E-state index contributed by atoms with van der Waals surface area (Å²) in [4.78, 5) is 22.9. The summed E-state index contributed by atoms with van der Waals surface area (Å²) in [5.74, 6) is -0.399. The standard InChI is InChI=1S/C21H33BrO4/c1-3-4-5-6-7-10-13-16-17(21(25)19(22)20(16)24)14-11-8-9-12-15-18(23)26-2/h10,13-14,16,19-20,24H,3-9,11-12,15H2,1-2H3. The zero-order chi connectivity index (χ0) is 19.4. The van der Waals surface area contributed by atoms with Gasteiger partial charge in [-0.3, -0.25) is 9.59 Å². The van der Waals surface area contributed by atoms with Gasteiger partial charge in [0.15, 0.2) is 5.78 Å². The average Bonchev–Trinajstić information content (AvgIpc) is 2.84. The monoisotopic (exact) mass is 428 g/mol. The number of rotatable bonds is 12. The number of esters is 1. The summed E-state index contributed by atoms with van der Waals surface area (Å²) < 4.78 is 4.62. The fourth-order valence-corrected chi connectivity index (χ4v) is 3.77. The Hall–Kier alpha value is -0.940. The minimum atomic E-state index is -0.694. The summed E-state index contributed by atoms with van der Waals surface area (Å²) in [7, 11) is 1.40. The van der Waals surface area contributed by atoms with Crippen LogP contribution in [0.5, 0.6) is 0 Å². The number of ether oxygens (including phenoxy) is 1. The first-order valence-corrected chi connectivity index (χ1v) is 10.7. The summed E-state index contributed by atoms with van der Waals surface area (Å²) in [5, 5.41) is 10.4. The molecule has 3 atom stereocenters. The fraction of sp³-hybridized carbons (Fsp3) is 0.714. The second-order valence-corrected chi connectivity index (χ2v) is 7.88. The van der Waals surface area contributed by atoms with E-state index in [4.69, 9.17) is 0 Å². The van der Waals surface area contributed by atoms with Crippen LogP contribution in [0.25, 0.3) is 0 Å². The van der Waals surface area contributed by atoms with E-state index in [9.17, 15) is 14.7 Å². The second kappa shape index (κ2) is 13.3. The quantitative estimate of drug-likeness (QED) is 0.158. The van der Waals surface area contributed by atoms with Crippen molar-refractivity contribution in [1.29, 1.82) is 0 Å². The number of Topliss-reactive ketones (excluding diaryl/α,β-unsaturated/α-hetero) is 1. The number of hydrogen-bond donors (Lipinski definition) is 1. The van der Waals surface area contributed by atoms with E-state index >= 15 is 0 Å². The molecule has 0 aromatic carbocycles. The van der Waals surface area contributed by atoms with Gasteiger partial charge in [0.1, 0.15) is 4.83 Å². The van der Waals surface area contributed by atoms with Crippen LogP contribution in [-0.2, 0) is 14.3 Å². The number of hydrogen-bond acceptors (Lipinski definition) is 4. The minimum absolute atomic E-state index is 0.00677. The predicted octanol–water partition coefficient (Wildman–Crippen LogP) is 4.89. The largest absolute Gasteiger partial charge is 0.469 e. The molecule has 0 amide bonds. The molecule has 1 aliphatic rings. The Kier molecular flexibility index (Phi) is 11.8. The Morgan fingerprint density at radius 1 is 1.15 bits per heavy atom. The molecule has 5 heteroatoms. The van der Waals surface area contributed by atoms with Crippen LogP contribution in [0, 0.1) is 5.92 Å². The average molecular weight is 429 g/mol. The van der Waals surface area contributed by atoms with Crippen LogP contribution >= 0.6 is 15.9 Å². The van der Waals surface area contributed by atoms with E-state index in [-0.39, 0.29) is 17.7 Å². The van der Waals surface area contributed by atoms with Gasteiger partial charge in [-0.25, -0.2) is 0 Å². The van der Waals surface area contributed by atoms with Gasteiger partial charge < -0.3 is 9.84 Å². The van der Waals surface area contributed by atoms with Crippen molar-refractivity contribution in [3.05, 3.63) is 23.8 Å². The van der Waals surface area contributed by atoms with Gasteiger partial charge in [-0.05, 0) is 32.1 Å². The maximum atomic E-state index is 12.4. The SMILES string of the molecule is CCCCCCC=CC1C(=CCCCCCC(=O)OC)C(=O)C(Br)C1O. The van der Waals surface area contributed by atoms with Gasteiger partial charge >= 0.3 is 5.97 Å². The zero-order valence-corrected chi connectivity index (χ0v) is 17.7. The molecule has 0 heterocycles. The molecule has 3 unspecified atom stereocenters. The highest BCUT2D eigenvalue weighted by Crippen LogP contribution is 2.35. The third kappa shape index (κ3) is 7.75. The molecule has 0 radical (unpaired) electrons. The highest BCUT2D eigenvalue weighted by atomic mass is 79.9. The third-order valence-electron chi connectivity index (χ3n) is 4.81. The van der Waals surface area contributed by atoms with Crippen molar-refractivity contribution < 1.29 is 19.4 Å². The molecule has 1 aliphatic carbocycles. The van der Waals surface area contributed by atoms with Crippen LogP contribution in [-0.4, -0.2) is 34.9 Å². The number of aliphatic hydroxyl groups is 1. The van der Waals surface area contributed by atoms with Crippen molar-refractivity contribution in [2.45, 2.75) is 82.1 Å². The zero-order valence-electron chi connectivity index (χ0n) is 16.1. The summed E-state index contributed by atoms with van der Waals surface area (Å²) in [6, 6.07) is 0. The highest BCUT2D eigenvalue weighted by Gasteiger charge is 2.42. The van der Waals surface area contributed by atoms with Crippen LogP contribution < -0.4 is 0 Å². The summed E-state index contributed by atoms with van der Waals surface area (Å²) >= 11 is 3.33. The van der Waals surface area contributed by atoms with Crippen LogP contribution in [0.2, 0.25) is 0 Å². The molecule has 1 N–H and O–H groups in total. The Labute approximate surface area is 166 Å². The molecule has 1 rings (SSSR count). The van der Waals surface area contributed by atoms with Crippen molar-refractivity contribution in [1.82, 2.24) is 0 Å². The van der Waals surface area contributed by atoms with Crippen LogP contribution in [0.3, 0.4) is 0 Å². The third-order valence-corrected chi connectivity index (χ3v) is 5.76. The van der Waals surface area contributed by atoms with Crippen LogP contribution in [0.15, 0.2) is 23.8 Å². The lowest BCUT2D eigenvalue weighted by Gasteiger charge is -2.11. The first kappa shape index (κ1) is 23.1. The second-order valence-electron chi connectivity index (χ2n) is 6.89. The van der Waals surface area contributed by atoms with Gasteiger partial charge in [0.25, 0.3) is 0 Å². The van der Waals surface area contributed by atoms with Gasteiger partial charge in [-0.2, -0.15) is 0 Å². The molecule has 4 nitrogen and oxygen atoms in total. The van der Waals surface area contributed by atoms with Crippen molar-refractivity contribution >= 4 is 27.7 Å². The molecule has 0 aliphatic heterocycles. The van der Waals surface area contributed by atoms with Crippen molar-refractivity contribution in [3.8, 4) is 0 Å². The maximum Gasteiger partial charge on any atom is 0.305 e. The summed E-state index contributed by atoms with van der Waals surface area (Å²) in [6.07, 6.45) is 15.1. The molecule has 1 saturated carbocycles. The number of carbonyl (C=O) groups is 2. The summed E-state index contributed by atoms with van der Waals surface area (Å²) in [6.45, 7) is 2.19. The molecule has 0 spiro atoms. The normalized spacial score (nSPS) is 24.7. The number of carbonyl (C=O) groups excluding carboxylic acids is 2. The van der Waals surface area contributed by atoms with E-state index in [0.29, 0.717) is 6.42 Å². The molecular weight excluding hydrogens is 396 g/mol. The van der Waals surface area contributed by atoms with Gasteiger partial charge in [-0.1, -0.05) is 66.8 Å². The number of alkyl halides is 1. The highest BCUT2D eigenvalue weighted by molar-refractivity contribution is 9.10. The molecule has 0 aromatic heterocycles. The molecule has 0 bridgehead atoms. The Balaban J connectivity index is 2.49. The Morgan fingerprint density at radius 3 is 2.54 bits per heavy atom. The summed E-state index contributed by atoms with van der Waals surface area (Å²) in [5.41, 5.74) is 0.720. The number of allylic oxidation sites excluding steroid dienone is 2. The van der Waals surface area contributed by atoms with Crippen LogP contribution in [0.4, 0.5) is 0 Å². The lowest BCUT2D eigenvalue weighted by atomic mass is 9.97. The number of halogens is 1. The van der Waals surface area contributed by atoms with E-state index in [1.165, 1.54) is 26.4 Å². The number of unbranched alkanes of at least 4 members (excludes halogenated alkanes) is 7. The lowest BCUT2D eigenvalue weighted by Crippen LogP contribution is -2.21. The molecule has 26 heavy (non-hydrogen) atoms. The van der Waals surface area contributed by atoms with E-state index in [0.717, 1.165) is 44.1 Å².